The summed E-state index contributed by atoms with van der Waals surface area (Å²) < 4.78 is 21.0. The topological polar surface area (TPSA) is 83.1 Å². The van der Waals surface area contributed by atoms with Crippen molar-refractivity contribution in [3.63, 3.8) is 0 Å². The number of anilines is 1. The largest absolute Gasteiger partial charge is 0.493 e. The van der Waals surface area contributed by atoms with Crippen molar-refractivity contribution in [3.05, 3.63) is 54.1 Å². The number of carbonyl (C=O) groups excluding carboxylic acids is 2. The fourth-order valence-corrected chi connectivity index (χ4v) is 2.47. The lowest BCUT2D eigenvalue weighted by molar-refractivity contribution is -0.148. The maximum absolute atomic E-state index is 12.3. The highest BCUT2D eigenvalue weighted by Gasteiger charge is 2.18. The average molecular weight is 399 g/mol. The smallest absolute Gasteiger partial charge is 0.331 e. The van der Waals surface area contributed by atoms with Gasteiger partial charge in [0.25, 0.3) is 5.91 Å². The minimum atomic E-state index is -0.979. The Morgan fingerprint density at radius 2 is 1.76 bits per heavy atom. The highest BCUT2D eigenvalue weighted by molar-refractivity contribution is 5.97. The summed E-state index contributed by atoms with van der Waals surface area (Å²) in [5.41, 5.74) is 1.24. The number of rotatable bonds is 9. The van der Waals surface area contributed by atoms with E-state index in [1.165, 1.54) is 20.1 Å². The summed E-state index contributed by atoms with van der Waals surface area (Å²) in [4.78, 5) is 24.4. The number of hydrogen-bond donors (Lipinski definition) is 1. The third kappa shape index (κ3) is 6.27. The van der Waals surface area contributed by atoms with E-state index in [1.807, 2.05) is 13.0 Å². The van der Waals surface area contributed by atoms with E-state index in [-0.39, 0.29) is 0 Å². The summed E-state index contributed by atoms with van der Waals surface area (Å²) in [5, 5.41) is 2.71. The van der Waals surface area contributed by atoms with Crippen molar-refractivity contribution in [1.82, 2.24) is 0 Å². The monoisotopic (exact) mass is 399 g/mol. The lowest BCUT2D eigenvalue weighted by Gasteiger charge is -2.15. The maximum atomic E-state index is 12.3. The van der Waals surface area contributed by atoms with Crippen LogP contribution in [0.25, 0.3) is 6.08 Å². The summed E-state index contributed by atoms with van der Waals surface area (Å²) in [6.07, 6.45) is 1.84. The molecule has 7 heteroatoms. The predicted molar refractivity (Wildman–Crippen MR) is 110 cm³/mol. The van der Waals surface area contributed by atoms with Crippen LogP contribution < -0.4 is 19.5 Å². The molecule has 1 amide bonds. The first-order chi connectivity index (χ1) is 14.0. The standard InChI is InChI=1S/C22H25NO6/c1-5-28-18-9-7-6-8-17(18)23-22(25)15(2)29-21(24)13-11-16-10-12-19(26-3)20(14-16)27-4/h6-15H,5H2,1-4H3,(H,23,25)/b13-11+/t15-/m1/s1. The van der Waals surface area contributed by atoms with Gasteiger partial charge >= 0.3 is 5.97 Å². The van der Waals surface area contributed by atoms with Gasteiger partial charge in [-0.3, -0.25) is 4.79 Å². The van der Waals surface area contributed by atoms with E-state index >= 15 is 0 Å². The Morgan fingerprint density at radius 1 is 1.03 bits per heavy atom. The van der Waals surface area contributed by atoms with Gasteiger partial charge in [-0.15, -0.1) is 0 Å². The molecule has 0 unspecified atom stereocenters. The quantitative estimate of drug-likeness (QED) is 0.512. The van der Waals surface area contributed by atoms with Gasteiger partial charge in [-0.25, -0.2) is 4.79 Å². The van der Waals surface area contributed by atoms with Crippen LogP contribution in [0.5, 0.6) is 17.2 Å². The van der Waals surface area contributed by atoms with E-state index in [9.17, 15) is 9.59 Å². The van der Waals surface area contributed by atoms with Crippen LogP contribution >= 0.6 is 0 Å². The molecule has 0 fully saturated rings. The average Bonchev–Trinajstić information content (AvgIpc) is 2.73. The molecular weight excluding hydrogens is 374 g/mol. The van der Waals surface area contributed by atoms with Crippen LogP contribution in [0.1, 0.15) is 19.4 Å². The molecular formula is C22H25NO6. The number of hydrogen-bond acceptors (Lipinski definition) is 6. The molecule has 2 aromatic carbocycles. The minimum Gasteiger partial charge on any atom is -0.493 e. The third-order valence-electron chi connectivity index (χ3n) is 3.93. The number of nitrogens with one attached hydrogen (secondary N) is 1. The van der Waals surface area contributed by atoms with Crippen molar-refractivity contribution >= 4 is 23.6 Å². The number of amides is 1. The highest BCUT2D eigenvalue weighted by atomic mass is 16.5. The summed E-state index contributed by atoms with van der Waals surface area (Å²) in [5.74, 6) is 0.592. The molecule has 0 radical (unpaired) electrons. The summed E-state index contributed by atoms with van der Waals surface area (Å²) in [7, 11) is 3.08. The van der Waals surface area contributed by atoms with Gasteiger partial charge in [0.15, 0.2) is 17.6 Å². The van der Waals surface area contributed by atoms with E-state index in [0.717, 1.165) is 5.56 Å². The Bertz CT molecular complexity index is 877. The van der Waals surface area contributed by atoms with Crippen LogP contribution in [-0.2, 0) is 14.3 Å². The summed E-state index contributed by atoms with van der Waals surface area (Å²) >= 11 is 0. The van der Waals surface area contributed by atoms with Crippen molar-refractivity contribution in [3.8, 4) is 17.2 Å². The van der Waals surface area contributed by atoms with Crippen LogP contribution in [0.4, 0.5) is 5.69 Å². The molecule has 1 atom stereocenters. The van der Waals surface area contributed by atoms with Crippen LogP contribution in [0.3, 0.4) is 0 Å². The summed E-state index contributed by atoms with van der Waals surface area (Å²) in [6, 6.07) is 12.3. The Kier molecular flexibility index (Phi) is 8.09. The van der Waals surface area contributed by atoms with E-state index in [1.54, 1.807) is 49.6 Å². The van der Waals surface area contributed by atoms with Gasteiger partial charge in [0, 0.05) is 6.08 Å². The van der Waals surface area contributed by atoms with Crippen molar-refractivity contribution in [1.29, 1.82) is 0 Å². The van der Waals surface area contributed by atoms with Crippen molar-refractivity contribution < 1.29 is 28.5 Å². The Labute approximate surface area is 170 Å². The molecule has 0 saturated heterocycles. The number of ether oxygens (including phenoxy) is 4. The number of carbonyl (C=O) groups is 2. The zero-order valence-corrected chi connectivity index (χ0v) is 16.9. The van der Waals surface area contributed by atoms with Gasteiger partial charge in [-0.2, -0.15) is 0 Å². The first kappa shape index (κ1) is 21.8. The number of benzene rings is 2. The fourth-order valence-electron chi connectivity index (χ4n) is 2.47. The maximum Gasteiger partial charge on any atom is 0.331 e. The van der Waals surface area contributed by atoms with E-state index < -0.39 is 18.0 Å². The van der Waals surface area contributed by atoms with Gasteiger partial charge in [0.05, 0.1) is 26.5 Å². The van der Waals surface area contributed by atoms with Gasteiger partial charge in [-0.1, -0.05) is 18.2 Å². The highest BCUT2D eigenvalue weighted by Crippen LogP contribution is 2.28. The lowest BCUT2D eigenvalue weighted by Crippen LogP contribution is -2.29. The molecule has 0 aliphatic rings. The Morgan fingerprint density at radius 3 is 2.45 bits per heavy atom. The predicted octanol–water partition coefficient (Wildman–Crippen LogP) is 3.69. The van der Waals surface area contributed by atoms with Crippen LogP contribution in [0.15, 0.2) is 48.5 Å². The van der Waals surface area contributed by atoms with Crippen molar-refractivity contribution in [2.45, 2.75) is 20.0 Å². The van der Waals surface area contributed by atoms with Crippen molar-refractivity contribution in [2.24, 2.45) is 0 Å². The summed E-state index contributed by atoms with van der Waals surface area (Å²) in [6.45, 7) is 3.83. The lowest BCUT2D eigenvalue weighted by atomic mass is 10.2. The first-order valence-corrected chi connectivity index (χ1v) is 9.11. The molecule has 0 saturated carbocycles. The molecule has 0 aliphatic heterocycles. The van der Waals surface area contributed by atoms with Crippen molar-refractivity contribution in [2.75, 3.05) is 26.1 Å². The molecule has 2 rings (SSSR count). The third-order valence-corrected chi connectivity index (χ3v) is 3.93. The number of para-hydroxylation sites is 2. The van der Waals surface area contributed by atoms with E-state index in [2.05, 4.69) is 5.32 Å². The fraction of sp³-hybridized carbons (Fsp3) is 0.273. The molecule has 0 spiro atoms. The number of methoxy groups -OCH3 is 2. The second-order valence-corrected chi connectivity index (χ2v) is 5.95. The zero-order valence-electron chi connectivity index (χ0n) is 16.9. The van der Waals surface area contributed by atoms with Crippen LogP contribution in [0.2, 0.25) is 0 Å². The van der Waals surface area contributed by atoms with Crippen LogP contribution in [-0.4, -0.2) is 38.8 Å². The zero-order chi connectivity index (χ0) is 21.2. The molecule has 1 N–H and O–H groups in total. The van der Waals surface area contributed by atoms with E-state index in [4.69, 9.17) is 18.9 Å². The van der Waals surface area contributed by atoms with Crippen LogP contribution in [0, 0.1) is 0 Å². The Balaban J connectivity index is 1.96. The molecule has 0 bridgehead atoms. The SMILES string of the molecule is CCOc1ccccc1NC(=O)[C@@H](C)OC(=O)/C=C/c1ccc(OC)c(OC)c1. The second-order valence-electron chi connectivity index (χ2n) is 5.95. The molecule has 0 aromatic heterocycles. The van der Waals surface area contributed by atoms with Gasteiger partial charge < -0.3 is 24.3 Å². The minimum absolute atomic E-state index is 0.454. The number of esters is 1. The van der Waals surface area contributed by atoms with E-state index in [0.29, 0.717) is 29.5 Å². The van der Waals surface area contributed by atoms with Gasteiger partial charge in [0.2, 0.25) is 0 Å². The van der Waals surface area contributed by atoms with Gasteiger partial charge in [0.1, 0.15) is 5.75 Å². The first-order valence-electron chi connectivity index (χ1n) is 9.11. The molecule has 7 nitrogen and oxygen atoms in total. The molecule has 2 aromatic rings. The normalized spacial score (nSPS) is 11.6. The molecule has 0 heterocycles. The Hall–Kier alpha value is -3.48. The molecule has 29 heavy (non-hydrogen) atoms. The molecule has 154 valence electrons. The second kappa shape index (κ2) is 10.8. The molecule has 0 aliphatic carbocycles. The van der Waals surface area contributed by atoms with Gasteiger partial charge in [-0.05, 0) is 49.8 Å².